The first kappa shape index (κ1) is 32.1. The van der Waals surface area contributed by atoms with Crippen molar-refractivity contribution in [2.45, 2.75) is 122 Å². The van der Waals surface area contributed by atoms with Crippen LogP contribution in [0.15, 0.2) is 40.5 Å². The van der Waals surface area contributed by atoms with Gasteiger partial charge < -0.3 is 10.4 Å². The number of carbonyl (C=O) groups excluding carboxylic acids is 1. The Bertz CT molecular complexity index is 756. The fourth-order valence-electron chi connectivity index (χ4n) is 4.98. The molecule has 6 nitrogen and oxygen atoms in total. The van der Waals surface area contributed by atoms with Gasteiger partial charge in [0.2, 0.25) is 5.91 Å². The molecule has 1 unspecified atom stereocenters. The average Bonchev–Trinajstić information content (AvgIpc) is 2.87. The topological polar surface area (TPSA) is 95.8 Å². The first-order valence-corrected chi connectivity index (χ1v) is 14.7. The lowest BCUT2D eigenvalue weighted by atomic mass is 9.75. The molecule has 0 aromatic heterocycles. The van der Waals surface area contributed by atoms with E-state index in [1.165, 1.54) is 38.5 Å². The van der Waals surface area contributed by atoms with Crippen molar-refractivity contribution in [3.8, 4) is 0 Å². The summed E-state index contributed by atoms with van der Waals surface area (Å²) in [4.78, 5) is 37.2. The molecule has 1 rings (SSSR count). The summed E-state index contributed by atoms with van der Waals surface area (Å²) in [6.07, 6.45) is 24.7. The lowest BCUT2D eigenvalue weighted by Gasteiger charge is -2.35. The van der Waals surface area contributed by atoms with E-state index in [1.807, 2.05) is 25.2 Å². The zero-order valence-corrected chi connectivity index (χ0v) is 23.5. The number of carbonyl (C=O) groups is 2. The highest BCUT2D eigenvalue weighted by Gasteiger charge is 2.48. The molecule has 204 valence electrons. The van der Waals surface area contributed by atoms with E-state index < -0.39 is 22.0 Å². The van der Waals surface area contributed by atoms with Gasteiger partial charge in [-0.1, -0.05) is 108 Å². The molecule has 1 aliphatic rings. The molecule has 1 atom stereocenters. The Morgan fingerprint density at radius 1 is 1.03 bits per heavy atom. The van der Waals surface area contributed by atoms with Gasteiger partial charge >= 0.3 is 5.97 Å². The zero-order valence-electron chi connectivity index (χ0n) is 22.7. The number of unbranched alkanes of at least 4 members (excludes halogenated alkanes) is 8. The number of carboxylic acid groups (broad SMARTS) is 1. The van der Waals surface area contributed by atoms with Crippen LogP contribution in [-0.4, -0.2) is 28.3 Å². The van der Waals surface area contributed by atoms with Crippen molar-refractivity contribution in [1.82, 2.24) is 5.32 Å². The lowest BCUT2D eigenvalue weighted by molar-refractivity contribution is -0.153. The minimum atomic E-state index is -1.69. The number of nitroso groups, excluding NO2 is 1. The number of nitrogens with one attached hydrogen (secondary N) is 1. The van der Waals surface area contributed by atoms with Crippen molar-refractivity contribution < 1.29 is 14.7 Å². The number of hydrogen-bond acceptors (Lipinski definition) is 5. The summed E-state index contributed by atoms with van der Waals surface area (Å²) in [5, 5.41) is 13.2. The second kappa shape index (κ2) is 18.4. The minimum absolute atomic E-state index is 0.131. The first-order valence-electron chi connectivity index (χ1n) is 13.9. The molecule has 1 aliphatic carbocycles. The third-order valence-corrected chi connectivity index (χ3v) is 8.35. The Balaban J connectivity index is 2.90. The summed E-state index contributed by atoms with van der Waals surface area (Å²) in [5.41, 5.74) is -1.21. The molecule has 0 heterocycles. The van der Waals surface area contributed by atoms with Crippen LogP contribution in [0.3, 0.4) is 0 Å². The van der Waals surface area contributed by atoms with E-state index in [0.29, 0.717) is 5.57 Å². The smallest absolute Gasteiger partial charge is 0.323 e. The average molecular weight is 521 g/mol. The largest absolute Gasteiger partial charge is 0.480 e. The second-order valence-electron chi connectivity index (χ2n) is 9.97. The summed E-state index contributed by atoms with van der Waals surface area (Å²) in [5.74, 6) is -1.68. The molecular formula is C29H48N2O4S. The minimum Gasteiger partial charge on any atom is -0.480 e. The fraction of sp³-hybridized carbons (Fsp3) is 0.724. The standard InChI is InChI=1S/C29H48N2O4S/c1-4-7-9-10-11-12-13-14-15-17-21-25(20-8-5-2)29(6-3,27(33)34)26(32)30-24-28(36-31-35)22-18-16-19-23-28/h5,8,17,20-21H,4,6-7,9-16,18-19,22-24H2,1-3H3,(H,30,32)(H,33,34). The van der Waals surface area contributed by atoms with Gasteiger partial charge in [-0.25, -0.2) is 0 Å². The highest BCUT2D eigenvalue weighted by molar-refractivity contribution is 7.99. The summed E-state index contributed by atoms with van der Waals surface area (Å²) >= 11 is 0.987. The highest BCUT2D eigenvalue weighted by Crippen LogP contribution is 2.41. The Hall–Kier alpha value is -1.89. The van der Waals surface area contributed by atoms with Crippen molar-refractivity contribution >= 4 is 23.8 Å². The number of hydrogen-bond donors (Lipinski definition) is 2. The maximum atomic E-state index is 13.5. The van der Waals surface area contributed by atoms with Gasteiger partial charge in [-0.3, -0.25) is 9.59 Å². The van der Waals surface area contributed by atoms with Crippen molar-refractivity contribution in [3.63, 3.8) is 0 Å². The lowest BCUT2D eigenvalue weighted by Crippen LogP contribution is -2.51. The van der Waals surface area contributed by atoms with Crippen LogP contribution in [0.4, 0.5) is 0 Å². The second-order valence-corrected chi connectivity index (χ2v) is 11.2. The van der Waals surface area contributed by atoms with E-state index in [1.54, 1.807) is 19.1 Å². The number of carboxylic acids is 1. The normalized spacial score (nSPS) is 17.8. The molecule has 1 saturated carbocycles. The van der Waals surface area contributed by atoms with Gasteiger partial charge in [-0.05, 0) is 44.6 Å². The van der Waals surface area contributed by atoms with Gasteiger partial charge in [0.15, 0.2) is 5.41 Å². The van der Waals surface area contributed by atoms with Gasteiger partial charge in [-0.15, -0.1) is 4.91 Å². The van der Waals surface area contributed by atoms with Gasteiger partial charge in [0.1, 0.15) is 0 Å². The van der Waals surface area contributed by atoms with Crippen LogP contribution in [-0.2, 0) is 9.59 Å². The van der Waals surface area contributed by atoms with Crippen molar-refractivity contribution in [3.05, 3.63) is 40.9 Å². The maximum Gasteiger partial charge on any atom is 0.323 e. The molecule has 0 radical (unpaired) electrons. The van der Waals surface area contributed by atoms with Gasteiger partial charge in [0.05, 0.1) is 4.75 Å². The first-order chi connectivity index (χ1) is 17.4. The summed E-state index contributed by atoms with van der Waals surface area (Å²) in [7, 11) is 0. The maximum absolute atomic E-state index is 13.5. The summed E-state index contributed by atoms with van der Waals surface area (Å²) in [6.45, 7) is 6.07. The molecule has 0 bridgehead atoms. The van der Waals surface area contributed by atoms with E-state index in [-0.39, 0.29) is 13.0 Å². The molecule has 0 aliphatic heterocycles. The number of allylic oxidation sites excluding steroid dienone is 5. The van der Waals surface area contributed by atoms with Crippen LogP contribution in [0.5, 0.6) is 0 Å². The van der Waals surface area contributed by atoms with Crippen molar-refractivity contribution in [1.29, 1.82) is 0 Å². The Kier molecular flexibility index (Phi) is 16.4. The Labute approximate surface area is 223 Å². The summed E-state index contributed by atoms with van der Waals surface area (Å²) < 4.78 is 2.61. The van der Waals surface area contributed by atoms with E-state index in [4.69, 9.17) is 0 Å². The Morgan fingerprint density at radius 3 is 2.22 bits per heavy atom. The van der Waals surface area contributed by atoms with E-state index in [0.717, 1.165) is 63.3 Å². The number of aliphatic carboxylic acids is 1. The van der Waals surface area contributed by atoms with E-state index in [9.17, 15) is 19.6 Å². The molecule has 0 aromatic rings. The highest BCUT2D eigenvalue weighted by atomic mass is 32.2. The molecule has 0 spiro atoms. The molecular weight excluding hydrogens is 472 g/mol. The number of amides is 1. The van der Waals surface area contributed by atoms with E-state index in [2.05, 4.69) is 16.8 Å². The third-order valence-electron chi connectivity index (χ3n) is 7.33. The van der Waals surface area contributed by atoms with Gasteiger partial charge in [0.25, 0.3) is 0 Å². The van der Waals surface area contributed by atoms with Crippen LogP contribution >= 0.6 is 11.9 Å². The third kappa shape index (κ3) is 10.2. The van der Waals surface area contributed by atoms with Crippen LogP contribution in [0, 0.1) is 10.3 Å². The van der Waals surface area contributed by atoms with Gasteiger partial charge in [0, 0.05) is 23.1 Å². The predicted octanol–water partition coefficient (Wildman–Crippen LogP) is 8.29. The van der Waals surface area contributed by atoms with Crippen LogP contribution in [0.1, 0.15) is 117 Å². The molecule has 0 aromatic carbocycles. The number of rotatable bonds is 19. The van der Waals surface area contributed by atoms with Crippen LogP contribution in [0.25, 0.3) is 0 Å². The SMILES string of the molecule is CC=CC=C(C=CCCCCCCCCCC)C(CC)(C(=O)O)C(=O)NCC1(SN=O)CCCCC1. The van der Waals surface area contributed by atoms with Crippen LogP contribution in [0.2, 0.25) is 0 Å². The zero-order chi connectivity index (χ0) is 26.7. The molecule has 2 N–H and O–H groups in total. The monoisotopic (exact) mass is 520 g/mol. The summed E-state index contributed by atoms with van der Waals surface area (Å²) in [6, 6.07) is 0. The molecule has 36 heavy (non-hydrogen) atoms. The number of nitrogens with zero attached hydrogens (tertiary/aromatic N) is 1. The fourth-order valence-corrected chi connectivity index (χ4v) is 5.75. The predicted molar refractivity (Wildman–Crippen MR) is 152 cm³/mol. The van der Waals surface area contributed by atoms with Gasteiger partial charge in [-0.2, -0.15) is 0 Å². The van der Waals surface area contributed by atoms with Crippen LogP contribution < -0.4 is 5.32 Å². The Morgan fingerprint density at radius 2 is 1.67 bits per heavy atom. The molecule has 0 saturated heterocycles. The van der Waals surface area contributed by atoms with E-state index >= 15 is 0 Å². The van der Waals surface area contributed by atoms with Crippen molar-refractivity contribution in [2.75, 3.05) is 6.54 Å². The molecule has 1 amide bonds. The quantitative estimate of drug-likeness (QED) is 0.0587. The molecule has 7 heteroatoms. The van der Waals surface area contributed by atoms with Crippen molar-refractivity contribution in [2.24, 2.45) is 10.00 Å². The molecule has 1 fully saturated rings.